The molecular weight excluding hydrogens is 565 g/mol. The van der Waals surface area contributed by atoms with Gasteiger partial charge in [-0.1, -0.05) is 183 Å². The summed E-state index contributed by atoms with van der Waals surface area (Å²) < 4.78 is 0. The standard InChI is InChI=1S/C47H34/c1-33(34-22-24-36(25-23-34)42-31-26-35-12-5-6-16-41(35)32-42)43-18-9-10-20-46(43)47(39-14-3-2-4-15-39)40-29-27-38(28-30-40)45-21-11-17-37-13-7-8-19-44(37)45/h2-14,16-32H,1,15H2/b47-39-. The van der Waals surface area contributed by atoms with Crippen molar-refractivity contribution in [3.05, 3.63) is 216 Å². The van der Waals surface area contributed by atoms with Gasteiger partial charge in [0.1, 0.15) is 0 Å². The van der Waals surface area contributed by atoms with Crippen LogP contribution >= 0.6 is 0 Å². The van der Waals surface area contributed by atoms with Crippen LogP contribution in [0.4, 0.5) is 0 Å². The first kappa shape index (κ1) is 28.5. The second kappa shape index (κ2) is 12.4. The molecule has 0 atom stereocenters. The highest BCUT2D eigenvalue weighted by Crippen LogP contribution is 2.38. The molecule has 0 radical (unpaired) electrons. The van der Waals surface area contributed by atoms with Crippen LogP contribution in [0.2, 0.25) is 0 Å². The van der Waals surface area contributed by atoms with Gasteiger partial charge in [-0.15, -0.1) is 0 Å². The largest absolute Gasteiger partial charge is 0.0905 e. The Balaban J connectivity index is 1.16. The van der Waals surface area contributed by atoms with E-state index in [0.29, 0.717) is 0 Å². The molecule has 0 heteroatoms. The molecular formula is C47H34. The average Bonchev–Trinajstić information content (AvgIpc) is 3.15. The first-order chi connectivity index (χ1) is 23.2. The normalized spacial score (nSPS) is 13.6. The number of rotatable bonds is 6. The van der Waals surface area contributed by atoms with Crippen molar-refractivity contribution in [1.82, 2.24) is 0 Å². The first-order valence-electron chi connectivity index (χ1n) is 16.3. The molecule has 0 fully saturated rings. The molecule has 0 saturated carbocycles. The number of hydrogen-bond donors (Lipinski definition) is 0. The molecule has 0 saturated heterocycles. The number of allylic oxidation sites excluding steroid dienone is 5. The van der Waals surface area contributed by atoms with Gasteiger partial charge < -0.3 is 0 Å². The molecule has 0 aromatic heterocycles. The van der Waals surface area contributed by atoms with E-state index in [1.165, 1.54) is 66.1 Å². The van der Waals surface area contributed by atoms with Crippen LogP contribution < -0.4 is 0 Å². The van der Waals surface area contributed by atoms with Gasteiger partial charge in [-0.25, -0.2) is 0 Å². The van der Waals surface area contributed by atoms with Crippen LogP contribution in [0.3, 0.4) is 0 Å². The highest BCUT2D eigenvalue weighted by atomic mass is 14.2. The Morgan fingerprint density at radius 2 is 1.11 bits per heavy atom. The van der Waals surface area contributed by atoms with Gasteiger partial charge in [0, 0.05) is 0 Å². The zero-order chi connectivity index (χ0) is 31.6. The Kier molecular flexibility index (Phi) is 7.53. The molecule has 0 bridgehead atoms. The molecule has 0 unspecified atom stereocenters. The molecule has 0 nitrogen and oxygen atoms in total. The fraction of sp³-hybridized carbons (Fsp3) is 0.0213. The lowest BCUT2D eigenvalue weighted by atomic mass is 9.84. The highest BCUT2D eigenvalue weighted by molar-refractivity contribution is 5.98. The van der Waals surface area contributed by atoms with Gasteiger partial charge in [0.2, 0.25) is 0 Å². The van der Waals surface area contributed by atoms with Crippen molar-refractivity contribution in [2.75, 3.05) is 0 Å². The minimum Gasteiger partial charge on any atom is -0.0905 e. The van der Waals surface area contributed by atoms with Crippen LogP contribution in [-0.4, -0.2) is 0 Å². The predicted octanol–water partition coefficient (Wildman–Crippen LogP) is 12.7. The second-order valence-corrected chi connectivity index (χ2v) is 12.2. The maximum absolute atomic E-state index is 4.65. The van der Waals surface area contributed by atoms with Crippen LogP contribution in [0.5, 0.6) is 0 Å². The summed E-state index contributed by atoms with van der Waals surface area (Å²) in [5.74, 6) is 0. The third-order valence-electron chi connectivity index (χ3n) is 9.32. The van der Waals surface area contributed by atoms with Gasteiger partial charge in [-0.2, -0.15) is 0 Å². The lowest BCUT2D eigenvalue weighted by Crippen LogP contribution is -2.00. The third-order valence-corrected chi connectivity index (χ3v) is 9.32. The topological polar surface area (TPSA) is 0 Å². The first-order valence-corrected chi connectivity index (χ1v) is 16.3. The number of hydrogen-bond acceptors (Lipinski definition) is 0. The van der Waals surface area contributed by atoms with Gasteiger partial charge in [0.25, 0.3) is 0 Å². The number of benzene rings is 7. The van der Waals surface area contributed by atoms with Gasteiger partial charge >= 0.3 is 0 Å². The molecule has 1 aliphatic rings. The third kappa shape index (κ3) is 5.56. The van der Waals surface area contributed by atoms with E-state index < -0.39 is 0 Å². The second-order valence-electron chi connectivity index (χ2n) is 12.2. The number of fused-ring (bicyclic) bond motifs is 2. The lowest BCUT2D eigenvalue weighted by molar-refractivity contribution is 1.26. The molecule has 0 N–H and O–H groups in total. The van der Waals surface area contributed by atoms with Crippen LogP contribution in [0.25, 0.3) is 54.9 Å². The quantitative estimate of drug-likeness (QED) is 0.179. The molecule has 7 aromatic rings. The van der Waals surface area contributed by atoms with E-state index in [-0.39, 0.29) is 0 Å². The molecule has 47 heavy (non-hydrogen) atoms. The van der Waals surface area contributed by atoms with Gasteiger partial charge in [0.05, 0.1) is 0 Å². The van der Waals surface area contributed by atoms with Crippen molar-refractivity contribution in [3.63, 3.8) is 0 Å². The van der Waals surface area contributed by atoms with E-state index in [9.17, 15) is 0 Å². The summed E-state index contributed by atoms with van der Waals surface area (Å²) in [4.78, 5) is 0. The Bertz CT molecular complexity index is 2350. The fourth-order valence-corrected chi connectivity index (χ4v) is 6.86. The van der Waals surface area contributed by atoms with Crippen LogP contribution in [0, 0.1) is 0 Å². The average molecular weight is 599 g/mol. The van der Waals surface area contributed by atoms with Crippen molar-refractivity contribution in [3.8, 4) is 22.3 Å². The van der Waals surface area contributed by atoms with E-state index in [4.69, 9.17) is 0 Å². The Hall–Kier alpha value is -5.98. The molecule has 0 aliphatic heterocycles. The highest BCUT2D eigenvalue weighted by Gasteiger charge is 2.17. The molecule has 0 spiro atoms. The van der Waals surface area contributed by atoms with Crippen molar-refractivity contribution >= 4 is 32.7 Å². The summed E-state index contributed by atoms with van der Waals surface area (Å²) in [6.07, 6.45) is 9.66. The minimum absolute atomic E-state index is 0.887. The predicted molar refractivity (Wildman–Crippen MR) is 202 cm³/mol. The van der Waals surface area contributed by atoms with Crippen molar-refractivity contribution in [2.45, 2.75) is 6.42 Å². The summed E-state index contributed by atoms with van der Waals surface area (Å²) in [6.45, 7) is 4.65. The molecule has 1 aliphatic carbocycles. The molecule has 0 amide bonds. The summed E-state index contributed by atoms with van der Waals surface area (Å²) in [5, 5.41) is 5.04. The van der Waals surface area contributed by atoms with Gasteiger partial charge in [-0.3, -0.25) is 0 Å². The molecule has 222 valence electrons. The SMILES string of the molecule is C=C(c1ccc(-c2ccc3ccccc3c2)cc1)c1ccccc1/C(=C1/C=CC=CC1)c1ccc(-c2cccc3ccccc23)cc1. The van der Waals surface area contributed by atoms with E-state index in [1.54, 1.807) is 0 Å². The van der Waals surface area contributed by atoms with E-state index in [2.05, 4.69) is 189 Å². The summed E-state index contributed by atoms with van der Waals surface area (Å²) in [7, 11) is 0. The summed E-state index contributed by atoms with van der Waals surface area (Å²) >= 11 is 0. The Morgan fingerprint density at radius 1 is 0.468 bits per heavy atom. The van der Waals surface area contributed by atoms with Crippen molar-refractivity contribution in [2.24, 2.45) is 0 Å². The Morgan fingerprint density at radius 3 is 1.89 bits per heavy atom. The molecule has 0 heterocycles. The van der Waals surface area contributed by atoms with Gasteiger partial charge in [-0.05, 0) is 95.3 Å². The molecule has 7 aromatic carbocycles. The summed E-state index contributed by atoms with van der Waals surface area (Å²) in [6, 6.07) is 57.0. The zero-order valence-corrected chi connectivity index (χ0v) is 26.2. The minimum atomic E-state index is 0.887. The van der Waals surface area contributed by atoms with Crippen LogP contribution in [-0.2, 0) is 0 Å². The molecule has 8 rings (SSSR count). The van der Waals surface area contributed by atoms with Crippen molar-refractivity contribution in [1.29, 1.82) is 0 Å². The maximum atomic E-state index is 4.65. The Labute approximate surface area is 277 Å². The van der Waals surface area contributed by atoms with Crippen LogP contribution in [0.15, 0.2) is 194 Å². The van der Waals surface area contributed by atoms with E-state index >= 15 is 0 Å². The van der Waals surface area contributed by atoms with Crippen molar-refractivity contribution < 1.29 is 0 Å². The van der Waals surface area contributed by atoms with E-state index in [0.717, 1.165) is 23.1 Å². The zero-order valence-electron chi connectivity index (χ0n) is 26.2. The van der Waals surface area contributed by atoms with Crippen LogP contribution in [0.1, 0.15) is 28.7 Å². The lowest BCUT2D eigenvalue weighted by Gasteiger charge is -2.20. The monoisotopic (exact) mass is 598 g/mol. The maximum Gasteiger partial charge on any atom is -0.00699 e. The fourth-order valence-electron chi connectivity index (χ4n) is 6.86. The smallest absolute Gasteiger partial charge is 0.00699 e. The van der Waals surface area contributed by atoms with E-state index in [1.807, 2.05) is 0 Å². The summed E-state index contributed by atoms with van der Waals surface area (Å²) in [5.41, 5.74) is 13.1. The van der Waals surface area contributed by atoms with Gasteiger partial charge in [0.15, 0.2) is 0 Å².